The van der Waals surface area contributed by atoms with Gasteiger partial charge in [0.1, 0.15) is 6.04 Å². The van der Waals surface area contributed by atoms with E-state index < -0.39 is 0 Å². The van der Waals surface area contributed by atoms with Crippen molar-refractivity contribution < 1.29 is 9.53 Å². The van der Waals surface area contributed by atoms with Gasteiger partial charge in [0.05, 0.1) is 6.61 Å². The average molecular weight is 231 g/mol. The molecule has 0 heterocycles. The first-order valence-electron chi connectivity index (χ1n) is 5.26. The van der Waals surface area contributed by atoms with Gasteiger partial charge in [0.15, 0.2) is 0 Å². The number of carbonyl (C=O) groups excluding carboxylic acids is 1. The molecule has 0 amide bonds. The first-order chi connectivity index (χ1) is 7.26. The minimum Gasteiger partial charge on any atom is -0.465 e. The van der Waals surface area contributed by atoms with Gasteiger partial charge in [0.25, 0.3) is 0 Å². The van der Waals surface area contributed by atoms with Crippen LogP contribution in [-0.2, 0) is 9.53 Å². The smallest absolute Gasteiger partial charge is 0.323 e. The van der Waals surface area contributed by atoms with Gasteiger partial charge in [0, 0.05) is 6.54 Å². The lowest BCUT2D eigenvalue weighted by atomic mass is 10.1. The van der Waals surface area contributed by atoms with E-state index >= 15 is 0 Å². The molecule has 4 heteroatoms. The summed E-state index contributed by atoms with van der Waals surface area (Å²) in [5.41, 5.74) is 0. The second kappa shape index (κ2) is 10.1. The molecule has 0 spiro atoms. The highest BCUT2D eigenvalue weighted by molar-refractivity contribution is 7.98. The predicted molar refractivity (Wildman–Crippen MR) is 66.2 cm³/mol. The number of hydrogen-bond acceptors (Lipinski definition) is 4. The summed E-state index contributed by atoms with van der Waals surface area (Å²) in [6, 6.07) is -0.185. The van der Waals surface area contributed by atoms with Gasteiger partial charge >= 0.3 is 5.97 Å². The largest absolute Gasteiger partial charge is 0.465 e. The molecule has 0 fully saturated rings. The lowest BCUT2D eigenvalue weighted by Gasteiger charge is -2.15. The zero-order valence-electron chi connectivity index (χ0n) is 9.62. The fourth-order valence-electron chi connectivity index (χ4n) is 1.20. The van der Waals surface area contributed by atoms with Crippen LogP contribution in [-0.4, -0.2) is 37.2 Å². The number of hydrogen-bond donors (Lipinski definition) is 1. The summed E-state index contributed by atoms with van der Waals surface area (Å²) in [4.78, 5) is 11.5. The summed E-state index contributed by atoms with van der Waals surface area (Å²) < 4.78 is 4.99. The molecule has 0 radical (unpaired) electrons. The van der Waals surface area contributed by atoms with Crippen molar-refractivity contribution in [3.05, 3.63) is 12.7 Å². The Balaban J connectivity index is 3.92. The maximum Gasteiger partial charge on any atom is 0.323 e. The number of rotatable bonds is 9. The molecule has 1 atom stereocenters. The van der Waals surface area contributed by atoms with E-state index in [4.69, 9.17) is 4.74 Å². The van der Waals surface area contributed by atoms with Gasteiger partial charge in [-0.2, -0.15) is 11.8 Å². The fraction of sp³-hybridized carbons (Fsp3) is 0.727. The van der Waals surface area contributed by atoms with Crippen LogP contribution in [0.15, 0.2) is 12.7 Å². The van der Waals surface area contributed by atoms with Crippen molar-refractivity contribution in [2.45, 2.75) is 25.8 Å². The van der Waals surface area contributed by atoms with Gasteiger partial charge in [-0.1, -0.05) is 6.08 Å². The van der Waals surface area contributed by atoms with Crippen molar-refractivity contribution in [3.8, 4) is 0 Å². The standard InChI is InChI=1S/C11H21NO2S/c1-4-8-12-10(7-6-9-15-3)11(13)14-5-2/h4,10,12H,1,5-9H2,2-3H3. The Morgan fingerprint density at radius 2 is 2.40 bits per heavy atom. The van der Waals surface area contributed by atoms with Crippen LogP contribution >= 0.6 is 11.8 Å². The number of nitrogens with one attached hydrogen (secondary N) is 1. The summed E-state index contributed by atoms with van der Waals surface area (Å²) >= 11 is 1.79. The van der Waals surface area contributed by atoms with Crippen molar-refractivity contribution in [2.75, 3.05) is 25.2 Å². The normalized spacial score (nSPS) is 12.1. The zero-order valence-corrected chi connectivity index (χ0v) is 10.4. The molecule has 0 aliphatic carbocycles. The minimum atomic E-state index is -0.185. The third-order valence-corrected chi connectivity index (χ3v) is 2.62. The lowest BCUT2D eigenvalue weighted by molar-refractivity contribution is -0.145. The van der Waals surface area contributed by atoms with Crippen LogP contribution in [0.4, 0.5) is 0 Å². The van der Waals surface area contributed by atoms with Crippen LogP contribution in [0.5, 0.6) is 0 Å². The average Bonchev–Trinajstić information content (AvgIpc) is 2.23. The van der Waals surface area contributed by atoms with Crippen LogP contribution in [0, 0.1) is 0 Å². The van der Waals surface area contributed by atoms with E-state index in [1.54, 1.807) is 17.8 Å². The van der Waals surface area contributed by atoms with Gasteiger partial charge in [-0.15, -0.1) is 6.58 Å². The molecule has 88 valence electrons. The molecule has 0 bridgehead atoms. The topological polar surface area (TPSA) is 38.3 Å². The zero-order chi connectivity index (χ0) is 11.5. The number of esters is 1. The van der Waals surface area contributed by atoms with Crippen LogP contribution in [0.2, 0.25) is 0 Å². The molecule has 1 unspecified atom stereocenters. The van der Waals surface area contributed by atoms with Crippen LogP contribution in [0.3, 0.4) is 0 Å². The first kappa shape index (κ1) is 14.5. The number of thioether (sulfide) groups is 1. The third-order valence-electron chi connectivity index (χ3n) is 1.92. The van der Waals surface area contributed by atoms with Gasteiger partial charge < -0.3 is 10.1 Å². The monoisotopic (exact) mass is 231 g/mol. The maximum atomic E-state index is 11.5. The van der Waals surface area contributed by atoms with E-state index in [2.05, 4.69) is 18.2 Å². The molecule has 0 aromatic rings. The molecule has 0 saturated heterocycles. The van der Waals surface area contributed by atoms with Gasteiger partial charge in [0.2, 0.25) is 0 Å². The molecule has 0 aliphatic rings. The Labute approximate surface area is 96.6 Å². The van der Waals surface area contributed by atoms with Gasteiger partial charge in [-0.05, 0) is 31.8 Å². The summed E-state index contributed by atoms with van der Waals surface area (Å²) in [6.45, 7) is 6.52. The van der Waals surface area contributed by atoms with E-state index in [1.807, 2.05) is 6.92 Å². The maximum absolute atomic E-state index is 11.5. The predicted octanol–water partition coefficient (Wildman–Crippen LogP) is 1.84. The van der Waals surface area contributed by atoms with Crippen molar-refractivity contribution in [3.63, 3.8) is 0 Å². The van der Waals surface area contributed by atoms with Crippen LogP contribution in [0.25, 0.3) is 0 Å². The molecular formula is C11H21NO2S. The Hall–Kier alpha value is -0.480. The molecule has 15 heavy (non-hydrogen) atoms. The van der Waals surface area contributed by atoms with Crippen molar-refractivity contribution in [2.24, 2.45) is 0 Å². The number of ether oxygens (including phenoxy) is 1. The summed E-state index contributed by atoms with van der Waals surface area (Å²) in [5.74, 6) is 0.923. The summed E-state index contributed by atoms with van der Waals surface area (Å²) in [5, 5.41) is 3.11. The van der Waals surface area contributed by atoms with Crippen molar-refractivity contribution in [1.29, 1.82) is 0 Å². The number of carbonyl (C=O) groups is 1. The van der Waals surface area contributed by atoms with Crippen LogP contribution < -0.4 is 5.32 Å². The van der Waals surface area contributed by atoms with Gasteiger partial charge in [-0.3, -0.25) is 4.79 Å². The third kappa shape index (κ3) is 7.45. The first-order valence-corrected chi connectivity index (χ1v) is 6.65. The lowest BCUT2D eigenvalue weighted by Crippen LogP contribution is -2.38. The highest BCUT2D eigenvalue weighted by Gasteiger charge is 2.17. The Kier molecular flexibility index (Phi) is 9.73. The summed E-state index contributed by atoms with van der Waals surface area (Å²) in [6.07, 6.45) is 5.67. The van der Waals surface area contributed by atoms with Crippen molar-refractivity contribution >= 4 is 17.7 Å². The SMILES string of the molecule is C=CCNC(CCCSC)C(=O)OCC. The molecule has 0 saturated carbocycles. The van der Waals surface area contributed by atoms with E-state index in [0.29, 0.717) is 13.2 Å². The molecule has 0 rings (SSSR count). The van der Waals surface area contributed by atoms with Gasteiger partial charge in [-0.25, -0.2) is 0 Å². The highest BCUT2D eigenvalue weighted by atomic mass is 32.2. The van der Waals surface area contributed by atoms with E-state index in [1.165, 1.54) is 0 Å². The van der Waals surface area contributed by atoms with E-state index in [9.17, 15) is 4.79 Å². The second-order valence-electron chi connectivity index (χ2n) is 3.14. The highest BCUT2D eigenvalue weighted by Crippen LogP contribution is 2.04. The van der Waals surface area contributed by atoms with Crippen LogP contribution in [0.1, 0.15) is 19.8 Å². The minimum absolute atomic E-state index is 0.152. The Morgan fingerprint density at radius 1 is 1.67 bits per heavy atom. The molecule has 3 nitrogen and oxygen atoms in total. The summed E-state index contributed by atoms with van der Waals surface area (Å²) in [7, 11) is 0. The second-order valence-corrected chi connectivity index (χ2v) is 4.12. The molecular weight excluding hydrogens is 210 g/mol. The molecule has 0 aliphatic heterocycles. The van der Waals surface area contributed by atoms with E-state index in [0.717, 1.165) is 18.6 Å². The van der Waals surface area contributed by atoms with Crippen molar-refractivity contribution in [1.82, 2.24) is 5.32 Å². The fourth-order valence-corrected chi connectivity index (χ4v) is 1.66. The van der Waals surface area contributed by atoms with E-state index in [-0.39, 0.29) is 12.0 Å². The Bertz CT molecular complexity index is 185. The molecule has 0 aromatic heterocycles. The Morgan fingerprint density at radius 3 is 2.93 bits per heavy atom. The molecule has 0 aromatic carbocycles. The quantitative estimate of drug-likeness (QED) is 0.373. The molecule has 1 N–H and O–H groups in total.